The van der Waals surface area contributed by atoms with Gasteiger partial charge in [0.1, 0.15) is 11.3 Å². The summed E-state index contributed by atoms with van der Waals surface area (Å²) in [6.45, 7) is 5.79. The topological polar surface area (TPSA) is 83.8 Å². The molecule has 2 aromatic carbocycles. The number of amides is 1. The lowest BCUT2D eigenvalue weighted by atomic mass is 10.1. The van der Waals surface area contributed by atoms with Crippen molar-refractivity contribution in [1.82, 2.24) is 5.32 Å². The molecule has 0 saturated heterocycles. The quantitative estimate of drug-likeness (QED) is 0.576. The van der Waals surface area contributed by atoms with Crippen molar-refractivity contribution in [3.05, 3.63) is 59.0 Å². The molecule has 0 spiro atoms. The van der Waals surface area contributed by atoms with Crippen LogP contribution in [0.15, 0.2) is 57.7 Å². The summed E-state index contributed by atoms with van der Waals surface area (Å²) in [4.78, 5) is 26.5. The predicted octanol–water partition coefficient (Wildman–Crippen LogP) is 3.89. The molecule has 7 heteroatoms. The van der Waals surface area contributed by atoms with Gasteiger partial charge in [-0.2, -0.15) is 0 Å². The molecule has 0 aliphatic carbocycles. The average Bonchev–Trinajstić information content (AvgIpc) is 2.72. The molecule has 1 amide bonds. The zero-order valence-corrected chi connectivity index (χ0v) is 17.9. The normalized spacial score (nSPS) is 12.1. The van der Waals surface area contributed by atoms with Crippen molar-refractivity contribution in [2.45, 2.75) is 32.9 Å². The van der Waals surface area contributed by atoms with Gasteiger partial charge in [0, 0.05) is 30.2 Å². The molecule has 1 atom stereocenters. The molecule has 0 fully saturated rings. The third-order valence-corrected chi connectivity index (χ3v) is 4.79. The van der Waals surface area contributed by atoms with Crippen LogP contribution in [0.25, 0.3) is 11.0 Å². The minimum absolute atomic E-state index is 0.160. The van der Waals surface area contributed by atoms with E-state index in [-0.39, 0.29) is 18.0 Å². The average molecular weight is 409 g/mol. The summed E-state index contributed by atoms with van der Waals surface area (Å²) < 4.78 is 10.7. The molecular formula is C23H27N3O4. The number of fused-ring (bicyclic) bond motifs is 1. The highest BCUT2D eigenvalue weighted by Crippen LogP contribution is 2.34. The first-order valence-electron chi connectivity index (χ1n) is 9.81. The van der Waals surface area contributed by atoms with Gasteiger partial charge >= 0.3 is 5.63 Å². The highest BCUT2D eigenvalue weighted by molar-refractivity contribution is 5.97. The third-order valence-electron chi connectivity index (χ3n) is 4.79. The molecule has 30 heavy (non-hydrogen) atoms. The first-order valence-corrected chi connectivity index (χ1v) is 9.81. The largest absolute Gasteiger partial charge is 0.495 e. The maximum Gasteiger partial charge on any atom is 0.338 e. The molecule has 0 bridgehead atoms. The van der Waals surface area contributed by atoms with E-state index in [0.29, 0.717) is 22.7 Å². The number of carbonyl (C=O) groups is 1. The third kappa shape index (κ3) is 4.63. The molecule has 7 nitrogen and oxygen atoms in total. The van der Waals surface area contributed by atoms with Gasteiger partial charge in [-0.3, -0.25) is 4.79 Å². The Kier molecular flexibility index (Phi) is 6.42. The predicted molar refractivity (Wildman–Crippen MR) is 120 cm³/mol. The SMILES string of the molecule is COc1ccc(N(C)c2cc(=O)oc3ccccc23)cc1NC(=O)C(C)NC(C)C. The first-order chi connectivity index (χ1) is 14.3. The molecule has 0 aliphatic heterocycles. The highest BCUT2D eigenvalue weighted by Gasteiger charge is 2.18. The van der Waals surface area contributed by atoms with Crippen LogP contribution in [0.2, 0.25) is 0 Å². The van der Waals surface area contributed by atoms with Crippen molar-refractivity contribution in [2.24, 2.45) is 0 Å². The standard InChI is InChI=1S/C23H27N3O4/c1-14(2)24-15(3)23(28)25-18-12-16(10-11-21(18)29-5)26(4)19-13-22(27)30-20-9-7-6-8-17(19)20/h6-15,24H,1-5H3,(H,25,28). The van der Waals surface area contributed by atoms with Crippen LogP contribution < -0.4 is 25.9 Å². The molecule has 0 saturated carbocycles. The second-order valence-corrected chi connectivity index (χ2v) is 7.42. The van der Waals surface area contributed by atoms with Crippen molar-refractivity contribution >= 4 is 33.9 Å². The number of nitrogens with zero attached hydrogens (tertiary/aromatic N) is 1. The van der Waals surface area contributed by atoms with Gasteiger partial charge < -0.3 is 24.7 Å². The van der Waals surface area contributed by atoms with Crippen molar-refractivity contribution in [3.63, 3.8) is 0 Å². The van der Waals surface area contributed by atoms with Crippen molar-refractivity contribution in [2.75, 3.05) is 24.4 Å². The van der Waals surface area contributed by atoms with Gasteiger partial charge in [0.05, 0.1) is 24.5 Å². The number of carbonyl (C=O) groups excluding carboxylic acids is 1. The maximum atomic E-state index is 12.6. The zero-order valence-electron chi connectivity index (χ0n) is 17.9. The van der Waals surface area contributed by atoms with Crippen LogP contribution in [-0.2, 0) is 4.79 Å². The van der Waals surface area contributed by atoms with Crippen LogP contribution in [0, 0.1) is 0 Å². The van der Waals surface area contributed by atoms with Crippen molar-refractivity contribution in [3.8, 4) is 5.75 Å². The van der Waals surface area contributed by atoms with Gasteiger partial charge in [0.15, 0.2) is 0 Å². The molecule has 0 radical (unpaired) electrons. The number of hydrogen-bond donors (Lipinski definition) is 2. The molecule has 0 aliphatic rings. The van der Waals surface area contributed by atoms with Gasteiger partial charge in [-0.05, 0) is 37.3 Å². The summed E-state index contributed by atoms with van der Waals surface area (Å²) >= 11 is 0. The number of rotatable bonds is 7. The summed E-state index contributed by atoms with van der Waals surface area (Å²) in [5.74, 6) is 0.391. The fourth-order valence-corrected chi connectivity index (χ4v) is 3.33. The second kappa shape index (κ2) is 9.00. The molecule has 3 rings (SSSR count). The Hall–Kier alpha value is -3.32. The summed E-state index contributed by atoms with van der Waals surface area (Å²) in [7, 11) is 3.41. The van der Waals surface area contributed by atoms with E-state index in [1.165, 1.54) is 6.07 Å². The van der Waals surface area contributed by atoms with Crippen LogP contribution in [0.3, 0.4) is 0 Å². The number of hydrogen-bond acceptors (Lipinski definition) is 6. The van der Waals surface area contributed by atoms with Gasteiger partial charge in [-0.25, -0.2) is 4.79 Å². The van der Waals surface area contributed by atoms with Crippen molar-refractivity contribution in [1.29, 1.82) is 0 Å². The van der Waals surface area contributed by atoms with Gasteiger partial charge in [0.25, 0.3) is 0 Å². The Bertz CT molecular complexity index is 1110. The summed E-state index contributed by atoms with van der Waals surface area (Å²) in [5.41, 5.74) is 2.13. The Labute approximate surface area is 175 Å². The van der Waals surface area contributed by atoms with E-state index in [1.807, 2.05) is 63.1 Å². The fraction of sp³-hybridized carbons (Fsp3) is 0.304. The minimum atomic E-state index is -0.425. The number of benzene rings is 2. The number of nitrogens with one attached hydrogen (secondary N) is 2. The molecule has 3 aromatic rings. The molecule has 1 heterocycles. The Morgan fingerprint density at radius 2 is 1.83 bits per heavy atom. The second-order valence-electron chi connectivity index (χ2n) is 7.42. The lowest BCUT2D eigenvalue weighted by molar-refractivity contribution is -0.117. The molecule has 1 unspecified atom stereocenters. The summed E-state index contributed by atoms with van der Waals surface area (Å²) in [6, 6.07) is 14.1. The van der Waals surface area contributed by atoms with Crippen LogP contribution in [0.5, 0.6) is 5.75 Å². The van der Waals surface area contributed by atoms with Gasteiger partial charge in [-0.1, -0.05) is 26.0 Å². The summed E-state index contributed by atoms with van der Waals surface area (Å²) in [6.07, 6.45) is 0. The number of ether oxygens (including phenoxy) is 1. The van der Waals surface area contributed by atoms with Crippen LogP contribution in [0.1, 0.15) is 20.8 Å². The van der Waals surface area contributed by atoms with Crippen LogP contribution >= 0.6 is 0 Å². The molecular weight excluding hydrogens is 382 g/mol. The lowest BCUT2D eigenvalue weighted by Gasteiger charge is -2.23. The van der Waals surface area contributed by atoms with E-state index in [1.54, 1.807) is 19.2 Å². The Balaban J connectivity index is 1.97. The van der Waals surface area contributed by atoms with E-state index >= 15 is 0 Å². The Morgan fingerprint density at radius 3 is 2.53 bits per heavy atom. The number of para-hydroxylation sites is 1. The fourth-order valence-electron chi connectivity index (χ4n) is 3.33. The van der Waals surface area contributed by atoms with Crippen LogP contribution in [0.4, 0.5) is 17.1 Å². The molecule has 2 N–H and O–H groups in total. The number of anilines is 3. The maximum absolute atomic E-state index is 12.6. The minimum Gasteiger partial charge on any atom is -0.495 e. The van der Waals surface area contributed by atoms with E-state index in [4.69, 9.17) is 9.15 Å². The Morgan fingerprint density at radius 1 is 1.10 bits per heavy atom. The van der Waals surface area contributed by atoms with E-state index < -0.39 is 5.63 Å². The molecule has 158 valence electrons. The van der Waals surface area contributed by atoms with Crippen molar-refractivity contribution < 1.29 is 13.9 Å². The van der Waals surface area contributed by atoms with Crippen LogP contribution in [-0.4, -0.2) is 32.1 Å². The van der Waals surface area contributed by atoms with E-state index in [0.717, 1.165) is 11.1 Å². The monoisotopic (exact) mass is 409 g/mol. The zero-order chi connectivity index (χ0) is 21.8. The first kappa shape index (κ1) is 21.4. The lowest BCUT2D eigenvalue weighted by Crippen LogP contribution is -2.41. The van der Waals surface area contributed by atoms with Gasteiger partial charge in [0.2, 0.25) is 5.91 Å². The highest BCUT2D eigenvalue weighted by atomic mass is 16.5. The van der Waals surface area contributed by atoms with E-state index in [2.05, 4.69) is 10.6 Å². The smallest absolute Gasteiger partial charge is 0.338 e. The van der Waals surface area contributed by atoms with E-state index in [9.17, 15) is 9.59 Å². The number of methoxy groups -OCH3 is 1. The summed E-state index contributed by atoms with van der Waals surface area (Å²) in [5, 5.41) is 6.93. The molecule has 1 aromatic heterocycles. The van der Waals surface area contributed by atoms with Gasteiger partial charge in [-0.15, -0.1) is 0 Å².